The average Bonchev–Trinajstić information content (AvgIpc) is 2.88. The highest BCUT2D eigenvalue weighted by Gasteiger charge is 2.15. The monoisotopic (exact) mass is 473 g/mol. The molecule has 1 heterocycles. The second-order valence-electron chi connectivity index (χ2n) is 8.06. The zero-order valence-electron chi connectivity index (χ0n) is 19.7. The summed E-state index contributed by atoms with van der Waals surface area (Å²) in [6, 6.07) is 21.4. The fourth-order valence-corrected chi connectivity index (χ4v) is 3.96. The number of fused-ring (bicyclic) bond motifs is 1. The van der Waals surface area contributed by atoms with Crippen LogP contribution in [0.4, 0.5) is 0 Å². The van der Waals surface area contributed by atoms with Crippen LogP contribution < -0.4 is 21.3 Å². The Hall–Kier alpha value is -4.17. The van der Waals surface area contributed by atoms with Gasteiger partial charge in [-0.05, 0) is 47.5 Å². The summed E-state index contributed by atoms with van der Waals surface area (Å²) in [5, 5.41) is 3.22. The number of rotatable bonds is 9. The molecule has 180 valence electrons. The van der Waals surface area contributed by atoms with Gasteiger partial charge >= 0.3 is 5.69 Å². The molecular formula is C27H27N3O5. The molecule has 1 aromatic heterocycles. The Kier molecular flexibility index (Phi) is 7.42. The van der Waals surface area contributed by atoms with Crippen LogP contribution in [0.2, 0.25) is 0 Å². The number of amides is 1. The molecule has 3 aromatic carbocycles. The molecule has 35 heavy (non-hydrogen) atoms. The van der Waals surface area contributed by atoms with Gasteiger partial charge in [0.2, 0.25) is 5.91 Å². The minimum absolute atomic E-state index is 0.127. The Morgan fingerprint density at radius 2 is 1.69 bits per heavy atom. The van der Waals surface area contributed by atoms with Crippen molar-refractivity contribution in [3.63, 3.8) is 0 Å². The third-order valence-corrected chi connectivity index (χ3v) is 5.71. The summed E-state index contributed by atoms with van der Waals surface area (Å²) in [4.78, 5) is 39.0. The number of hydrogen-bond acceptors (Lipinski definition) is 5. The van der Waals surface area contributed by atoms with Gasteiger partial charge in [0.15, 0.2) is 0 Å². The van der Waals surface area contributed by atoms with Crippen LogP contribution in [0.15, 0.2) is 82.4 Å². The molecule has 0 aliphatic carbocycles. The van der Waals surface area contributed by atoms with Crippen LogP contribution >= 0.6 is 0 Å². The molecule has 0 bridgehead atoms. The van der Waals surface area contributed by atoms with Crippen molar-refractivity contribution in [1.29, 1.82) is 0 Å². The number of carbonyl (C=O) groups excluding carboxylic acids is 1. The first-order chi connectivity index (χ1) is 17.0. The third-order valence-electron chi connectivity index (χ3n) is 5.71. The smallest absolute Gasteiger partial charge is 0.336 e. The van der Waals surface area contributed by atoms with Crippen molar-refractivity contribution in [2.45, 2.75) is 13.0 Å². The van der Waals surface area contributed by atoms with Gasteiger partial charge < -0.3 is 14.8 Å². The fourth-order valence-electron chi connectivity index (χ4n) is 3.96. The number of hydrogen-bond donors (Lipinski definition) is 1. The summed E-state index contributed by atoms with van der Waals surface area (Å²) in [5.74, 6) is 0.563. The minimum atomic E-state index is -0.443. The van der Waals surface area contributed by atoms with E-state index >= 15 is 0 Å². The van der Waals surface area contributed by atoms with Crippen LogP contribution in [-0.4, -0.2) is 42.4 Å². The van der Waals surface area contributed by atoms with Gasteiger partial charge in [0.05, 0.1) is 43.3 Å². The SMILES string of the molecule is COCCNC(=O)Cc1ccc(-n2c(=O)c3ccccc3n(Cc3cccc(OC)c3)c2=O)cc1. The van der Waals surface area contributed by atoms with Crippen molar-refractivity contribution in [3.8, 4) is 11.4 Å². The van der Waals surface area contributed by atoms with E-state index in [9.17, 15) is 14.4 Å². The highest BCUT2D eigenvalue weighted by Crippen LogP contribution is 2.16. The number of ether oxygens (including phenoxy) is 2. The van der Waals surface area contributed by atoms with Crippen molar-refractivity contribution < 1.29 is 14.3 Å². The summed E-state index contributed by atoms with van der Waals surface area (Å²) >= 11 is 0. The maximum atomic E-state index is 13.6. The lowest BCUT2D eigenvalue weighted by molar-refractivity contribution is -0.120. The molecule has 8 heteroatoms. The summed E-state index contributed by atoms with van der Waals surface area (Å²) in [5.41, 5.74) is 1.81. The van der Waals surface area contributed by atoms with Crippen LogP contribution in [0, 0.1) is 0 Å². The van der Waals surface area contributed by atoms with Gasteiger partial charge in [-0.15, -0.1) is 0 Å². The van der Waals surface area contributed by atoms with Crippen molar-refractivity contribution in [1.82, 2.24) is 14.5 Å². The molecule has 8 nitrogen and oxygen atoms in total. The number of methoxy groups -OCH3 is 2. The number of carbonyl (C=O) groups is 1. The van der Waals surface area contributed by atoms with E-state index in [0.717, 1.165) is 11.1 Å². The zero-order valence-corrected chi connectivity index (χ0v) is 19.7. The lowest BCUT2D eigenvalue weighted by atomic mass is 10.1. The van der Waals surface area contributed by atoms with Crippen LogP contribution in [0.5, 0.6) is 5.75 Å². The average molecular weight is 474 g/mol. The number of aromatic nitrogens is 2. The van der Waals surface area contributed by atoms with E-state index in [-0.39, 0.29) is 18.9 Å². The van der Waals surface area contributed by atoms with Crippen LogP contribution in [0.3, 0.4) is 0 Å². The van der Waals surface area contributed by atoms with Gasteiger partial charge in [0, 0.05) is 13.7 Å². The summed E-state index contributed by atoms with van der Waals surface area (Å²) in [6.07, 6.45) is 0.191. The molecule has 0 aliphatic rings. The lowest BCUT2D eigenvalue weighted by Gasteiger charge is -2.15. The summed E-state index contributed by atoms with van der Waals surface area (Å²) < 4.78 is 13.0. The van der Waals surface area contributed by atoms with Crippen molar-refractivity contribution >= 4 is 16.8 Å². The number of nitrogens with zero attached hydrogens (tertiary/aromatic N) is 2. The summed E-state index contributed by atoms with van der Waals surface area (Å²) in [7, 11) is 3.16. The highest BCUT2D eigenvalue weighted by atomic mass is 16.5. The zero-order chi connectivity index (χ0) is 24.8. The maximum absolute atomic E-state index is 13.6. The van der Waals surface area contributed by atoms with Gasteiger partial charge in [0.1, 0.15) is 5.75 Å². The van der Waals surface area contributed by atoms with Crippen molar-refractivity contribution in [3.05, 3.63) is 105 Å². The van der Waals surface area contributed by atoms with Crippen LogP contribution in [-0.2, 0) is 22.5 Å². The fraction of sp³-hybridized carbons (Fsp3) is 0.222. The van der Waals surface area contributed by atoms with E-state index in [1.165, 1.54) is 4.57 Å². The highest BCUT2D eigenvalue weighted by molar-refractivity contribution is 5.79. The van der Waals surface area contributed by atoms with Gasteiger partial charge in [-0.3, -0.25) is 14.2 Å². The van der Waals surface area contributed by atoms with E-state index in [0.29, 0.717) is 35.5 Å². The Bertz CT molecular complexity index is 1450. The predicted molar refractivity (Wildman–Crippen MR) is 134 cm³/mol. The van der Waals surface area contributed by atoms with Gasteiger partial charge in [-0.25, -0.2) is 9.36 Å². The summed E-state index contributed by atoms with van der Waals surface area (Å²) in [6.45, 7) is 1.15. The standard InChI is InChI=1S/C27H27N3O5/c1-34-15-14-28-25(31)17-19-10-12-21(13-11-19)30-26(32)23-8-3-4-9-24(23)29(27(30)33)18-20-6-5-7-22(16-20)35-2/h3-13,16H,14-15,17-18H2,1-2H3,(H,28,31). The van der Waals surface area contributed by atoms with E-state index < -0.39 is 11.2 Å². The molecule has 0 unspecified atom stereocenters. The van der Waals surface area contributed by atoms with Crippen LogP contribution in [0.1, 0.15) is 11.1 Å². The van der Waals surface area contributed by atoms with E-state index in [1.807, 2.05) is 24.3 Å². The molecule has 0 saturated heterocycles. The topological polar surface area (TPSA) is 91.6 Å². The second-order valence-corrected chi connectivity index (χ2v) is 8.06. The van der Waals surface area contributed by atoms with Gasteiger partial charge in [-0.2, -0.15) is 0 Å². The van der Waals surface area contributed by atoms with Crippen molar-refractivity contribution in [2.75, 3.05) is 27.4 Å². The van der Waals surface area contributed by atoms with Crippen molar-refractivity contribution in [2.24, 2.45) is 0 Å². The maximum Gasteiger partial charge on any atom is 0.336 e. The number of para-hydroxylation sites is 1. The molecule has 1 N–H and O–H groups in total. The third kappa shape index (κ3) is 5.33. The first-order valence-electron chi connectivity index (χ1n) is 11.2. The first kappa shape index (κ1) is 24.0. The van der Waals surface area contributed by atoms with E-state index in [1.54, 1.807) is 67.3 Å². The van der Waals surface area contributed by atoms with Gasteiger partial charge in [-0.1, -0.05) is 36.4 Å². The van der Waals surface area contributed by atoms with E-state index in [2.05, 4.69) is 5.32 Å². The Morgan fingerprint density at radius 3 is 2.43 bits per heavy atom. The molecule has 0 spiro atoms. The lowest BCUT2D eigenvalue weighted by Crippen LogP contribution is -2.39. The molecule has 4 aromatic rings. The number of nitrogens with one attached hydrogen (secondary N) is 1. The minimum Gasteiger partial charge on any atom is -0.497 e. The molecule has 1 amide bonds. The molecule has 4 rings (SSSR count). The molecule has 0 radical (unpaired) electrons. The van der Waals surface area contributed by atoms with E-state index in [4.69, 9.17) is 9.47 Å². The second kappa shape index (κ2) is 10.8. The Balaban J connectivity index is 1.72. The predicted octanol–water partition coefficient (Wildman–Crippen LogP) is 2.51. The first-order valence-corrected chi connectivity index (χ1v) is 11.2. The molecular weight excluding hydrogens is 446 g/mol. The Morgan fingerprint density at radius 1 is 0.914 bits per heavy atom. The molecule has 0 aliphatic heterocycles. The largest absolute Gasteiger partial charge is 0.497 e. The number of benzene rings is 3. The molecule has 0 atom stereocenters. The van der Waals surface area contributed by atoms with Gasteiger partial charge in [0.25, 0.3) is 5.56 Å². The molecule has 0 fully saturated rings. The normalized spacial score (nSPS) is 10.9. The molecule has 0 saturated carbocycles. The Labute approximate surface area is 202 Å². The van der Waals surface area contributed by atoms with Crippen LogP contribution in [0.25, 0.3) is 16.6 Å². The quantitative estimate of drug-likeness (QED) is 0.377.